The number of carboxylic acid groups (broad SMARTS) is 1. The Bertz CT molecular complexity index is 875. The molecule has 2 heterocycles. The number of rotatable bonds is 5. The summed E-state index contributed by atoms with van der Waals surface area (Å²) in [4.78, 5) is 16.0. The third kappa shape index (κ3) is 3.10. The number of halogens is 1. The van der Waals surface area contributed by atoms with Gasteiger partial charge in [0.2, 0.25) is 0 Å². The molecule has 0 atom stereocenters. The molecule has 2 aromatic heterocycles. The van der Waals surface area contributed by atoms with Gasteiger partial charge in [-0.25, -0.2) is 9.48 Å². The highest BCUT2D eigenvalue weighted by molar-refractivity contribution is 9.10. The lowest BCUT2D eigenvalue weighted by atomic mass is 10.1. The van der Waals surface area contributed by atoms with E-state index in [-0.39, 0.29) is 5.56 Å². The molecule has 0 radical (unpaired) electrons. The first-order valence-corrected chi connectivity index (χ1v) is 8.42. The van der Waals surface area contributed by atoms with Crippen molar-refractivity contribution in [3.05, 3.63) is 64.5 Å². The van der Waals surface area contributed by atoms with Crippen LogP contribution in [-0.2, 0) is 6.42 Å². The van der Waals surface area contributed by atoms with Crippen LogP contribution in [0.4, 0.5) is 0 Å². The van der Waals surface area contributed by atoms with Crippen molar-refractivity contribution >= 4 is 21.9 Å². The lowest BCUT2D eigenvalue weighted by molar-refractivity contribution is 0.0696. The van der Waals surface area contributed by atoms with E-state index in [9.17, 15) is 9.90 Å². The van der Waals surface area contributed by atoms with E-state index in [1.54, 1.807) is 23.1 Å². The fraction of sp³-hybridized carbons (Fsp3) is 0.167. The number of aromatic carboxylic acids is 1. The van der Waals surface area contributed by atoms with Crippen LogP contribution in [0.5, 0.6) is 0 Å². The molecule has 0 aliphatic carbocycles. The molecule has 0 saturated carbocycles. The van der Waals surface area contributed by atoms with Gasteiger partial charge in [-0.1, -0.05) is 35.3 Å². The second kappa shape index (κ2) is 6.97. The molecule has 0 saturated heterocycles. The second-order valence-corrected chi connectivity index (χ2v) is 6.27. The van der Waals surface area contributed by atoms with Crippen LogP contribution in [0.15, 0.2) is 53.3 Å². The molecule has 0 unspecified atom stereocenters. The van der Waals surface area contributed by atoms with E-state index >= 15 is 0 Å². The van der Waals surface area contributed by atoms with E-state index < -0.39 is 5.97 Å². The van der Waals surface area contributed by atoms with E-state index in [1.807, 2.05) is 37.3 Å². The molecule has 0 fully saturated rings. The monoisotopic (exact) mass is 385 g/mol. The van der Waals surface area contributed by atoms with Crippen molar-refractivity contribution in [3.8, 4) is 16.9 Å². The van der Waals surface area contributed by atoms with Gasteiger partial charge in [0.1, 0.15) is 11.3 Å². The molecule has 0 bridgehead atoms. The highest BCUT2D eigenvalue weighted by Gasteiger charge is 2.24. The van der Waals surface area contributed by atoms with Crippen LogP contribution in [0, 0.1) is 0 Å². The van der Waals surface area contributed by atoms with E-state index in [0.29, 0.717) is 23.4 Å². The standard InChI is InChI=1S/C18H16BrN3O2/c1-2-5-15-16(18(23)24)17(12-6-4-9-20-11-12)21-22(15)14-8-3-7-13(19)10-14/h3-4,6-11H,2,5H2,1H3,(H,23,24). The normalized spacial score (nSPS) is 10.8. The Kier molecular flexibility index (Phi) is 4.76. The zero-order valence-electron chi connectivity index (χ0n) is 13.1. The summed E-state index contributed by atoms with van der Waals surface area (Å²) in [5.41, 5.74) is 2.90. The minimum atomic E-state index is -0.974. The summed E-state index contributed by atoms with van der Waals surface area (Å²) < 4.78 is 2.64. The third-order valence-corrected chi connectivity index (χ3v) is 4.16. The van der Waals surface area contributed by atoms with Crippen LogP contribution >= 0.6 is 15.9 Å². The van der Waals surface area contributed by atoms with Crippen molar-refractivity contribution in [2.75, 3.05) is 0 Å². The molecule has 6 heteroatoms. The van der Waals surface area contributed by atoms with E-state index in [1.165, 1.54) is 0 Å². The van der Waals surface area contributed by atoms with Crippen LogP contribution < -0.4 is 0 Å². The van der Waals surface area contributed by atoms with Crippen LogP contribution in [-0.4, -0.2) is 25.8 Å². The van der Waals surface area contributed by atoms with Crippen LogP contribution in [0.1, 0.15) is 29.4 Å². The second-order valence-electron chi connectivity index (χ2n) is 5.36. The number of nitrogens with zero attached hydrogens (tertiary/aromatic N) is 3. The van der Waals surface area contributed by atoms with Gasteiger partial charge in [-0.15, -0.1) is 0 Å². The van der Waals surface area contributed by atoms with Gasteiger partial charge in [-0.3, -0.25) is 4.98 Å². The molecule has 0 aliphatic rings. The summed E-state index contributed by atoms with van der Waals surface area (Å²) in [7, 11) is 0. The number of benzene rings is 1. The molecule has 3 aromatic rings. The zero-order chi connectivity index (χ0) is 17.1. The molecule has 3 rings (SSSR count). The topological polar surface area (TPSA) is 68.0 Å². The first-order chi connectivity index (χ1) is 11.6. The number of carboxylic acids is 1. The number of aromatic nitrogens is 3. The van der Waals surface area contributed by atoms with Gasteiger partial charge in [0.15, 0.2) is 0 Å². The summed E-state index contributed by atoms with van der Waals surface area (Å²) in [6.07, 6.45) is 4.74. The molecule has 24 heavy (non-hydrogen) atoms. The SMILES string of the molecule is CCCc1c(C(=O)O)c(-c2cccnc2)nn1-c1cccc(Br)c1. The van der Waals surface area contributed by atoms with Crippen LogP contribution in [0.25, 0.3) is 16.9 Å². The van der Waals surface area contributed by atoms with Gasteiger partial charge in [0.05, 0.1) is 11.4 Å². The lowest BCUT2D eigenvalue weighted by Gasteiger charge is -2.07. The molecule has 122 valence electrons. The predicted octanol–water partition coefficient (Wildman–Crippen LogP) is 4.35. The highest BCUT2D eigenvalue weighted by Crippen LogP contribution is 2.29. The van der Waals surface area contributed by atoms with Gasteiger partial charge in [0.25, 0.3) is 0 Å². The summed E-state index contributed by atoms with van der Waals surface area (Å²) in [6, 6.07) is 11.3. The summed E-state index contributed by atoms with van der Waals surface area (Å²) in [5, 5.41) is 14.4. The smallest absolute Gasteiger partial charge is 0.339 e. The maximum Gasteiger partial charge on any atom is 0.339 e. The molecular formula is C18H16BrN3O2. The molecular weight excluding hydrogens is 370 g/mol. The zero-order valence-corrected chi connectivity index (χ0v) is 14.7. The van der Waals surface area contributed by atoms with Crippen molar-refractivity contribution in [2.45, 2.75) is 19.8 Å². The molecule has 0 aliphatic heterocycles. The Morgan fingerprint density at radius 3 is 2.75 bits per heavy atom. The Balaban J connectivity index is 2.28. The quantitative estimate of drug-likeness (QED) is 0.708. The Morgan fingerprint density at radius 2 is 2.12 bits per heavy atom. The van der Waals surface area contributed by atoms with Crippen molar-refractivity contribution in [2.24, 2.45) is 0 Å². The van der Waals surface area contributed by atoms with Gasteiger partial charge < -0.3 is 5.11 Å². The molecule has 1 aromatic carbocycles. The molecule has 0 amide bonds. The Labute approximate surface area is 148 Å². The molecule has 1 N–H and O–H groups in total. The highest BCUT2D eigenvalue weighted by atomic mass is 79.9. The van der Waals surface area contributed by atoms with E-state index in [2.05, 4.69) is 26.0 Å². The Morgan fingerprint density at radius 1 is 1.29 bits per heavy atom. The fourth-order valence-electron chi connectivity index (χ4n) is 2.67. The van der Waals surface area contributed by atoms with Crippen molar-refractivity contribution in [1.29, 1.82) is 0 Å². The van der Waals surface area contributed by atoms with Gasteiger partial charge in [-0.2, -0.15) is 5.10 Å². The van der Waals surface area contributed by atoms with Crippen LogP contribution in [0.3, 0.4) is 0 Å². The predicted molar refractivity (Wildman–Crippen MR) is 95.4 cm³/mol. The average Bonchev–Trinajstić information content (AvgIpc) is 2.96. The van der Waals surface area contributed by atoms with E-state index in [0.717, 1.165) is 16.6 Å². The first-order valence-electron chi connectivity index (χ1n) is 7.63. The largest absolute Gasteiger partial charge is 0.478 e. The molecule has 0 spiro atoms. The minimum Gasteiger partial charge on any atom is -0.478 e. The number of pyridine rings is 1. The minimum absolute atomic E-state index is 0.241. The van der Waals surface area contributed by atoms with Gasteiger partial charge in [-0.05, 0) is 36.8 Å². The number of hydrogen-bond acceptors (Lipinski definition) is 3. The van der Waals surface area contributed by atoms with Crippen LogP contribution in [0.2, 0.25) is 0 Å². The summed E-state index contributed by atoms with van der Waals surface area (Å²) in [5.74, 6) is -0.974. The average molecular weight is 386 g/mol. The number of carbonyl (C=O) groups is 1. The van der Waals surface area contributed by atoms with Crippen molar-refractivity contribution in [3.63, 3.8) is 0 Å². The van der Waals surface area contributed by atoms with Gasteiger partial charge in [0, 0.05) is 22.4 Å². The molecule has 5 nitrogen and oxygen atoms in total. The van der Waals surface area contributed by atoms with Crippen molar-refractivity contribution in [1.82, 2.24) is 14.8 Å². The Hall–Kier alpha value is -2.47. The van der Waals surface area contributed by atoms with Gasteiger partial charge >= 0.3 is 5.97 Å². The fourth-order valence-corrected chi connectivity index (χ4v) is 3.06. The van der Waals surface area contributed by atoms with E-state index in [4.69, 9.17) is 0 Å². The maximum atomic E-state index is 11.9. The summed E-state index contributed by atoms with van der Waals surface area (Å²) >= 11 is 3.45. The first kappa shape index (κ1) is 16.4. The lowest BCUT2D eigenvalue weighted by Crippen LogP contribution is -2.06. The van der Waals surface area contributed by atoms with Crippen molar-refractivity contribution < 1.29 is 9.90 Å². The number of hydrogen-bond donors (Lipinski definition) is 1. The summed E-state index contributed by atoms with van der Waals surface area (Å²) in [6.45, 7) is 2.02. The third-order valence-electron chi connectivity index (χ3n) is 3.67. The maximum absolute atomic E-state index is 11.9.